The standard InChI is InChI=1S/C15H20BFO2/c1-14(2)15(3,4)19-16(18-14)13-9-12(13)10-5-7-11(17)8-6-10/h5-8,12-13H,9H2,1-4H3/t12-,13+/m0/s1. The van der Waals surface area contributed by atoms with Crippen LogP contribution in [0.15, 0.2) is 24.3 Å². The molecule has 0 spiro atoms. The molecule has 1 aromatic carbocycles. The molecule has 4 heteroatoms. The minimum Gasteiger partial charge on any atom is -0.403 e. The highest BCUT2D eigenvalue weighted by atomic mass is 19.1. The van der Waals surface area contributed by atoms with Crippen molar-refractivity contribution in [2.45, 2.75) is 57.1 Å². The third-order valence-corrected chi connectivity index (χ3v) is 4.76. The fourth-order valence-corrected chi connectivity index (χ4v) is 2.67. The Morgan fingerprint density at radius 1 is 1.05 bits per heavy atom. The van der Waals surface area contributed by atoms with Gasteiger partial charge in [0.2, 0.25) is 0 Å². The monoisotopic (exact) mass is 262 g/mol. The van der Waals surface area contributed by atoms with Gasteiger partial charge in [-0.15, -0.1) is 0 Å². The predicted octanol–water partition coefficient (Wildman–Crippen LogP) is 3.78. The molecule has 1 heterocycles. The molecule has 0 aromatic heterocycles. The molecule has 0 amide bonds. The second-order valence-electron chi connectivity index (χ2n) is 6.68. The summed E-state index contributed by atoms with van der Waals surface area (Å²) in [7, 11) is -0.139. The van der Waals surface area contributed by atoms with Gasteiger partial charge >= 0.3 is 7.12 Å². The van der Waals surface area contributed by atoms with Crippen LogP contribution in [0.25, 0.3) is 0 Å². The van der Waals surface area contributed by atoms with E-state index in [1.807, 2.05) is 12.1 Å². The van der Waals surface area contributed by atoms with E-state index in [0.717, 1.165) is 6.42 Å². The number of halogens is 1. The van der Waals surface area contributed by atoms with Crippen LogP contribution in [0.3, 0.4) is 0 Å². The van der Waals surface area contributed by atoms with Crippen molar-refractivity contribution in [2.24, 2.45) is 0 Å². The van der Waals surface area contributed by atoms with Crippen molar-refractivity contribution in [1.82, 2.24) is 0 Å². The number of hydrogen-bond donors (Lipinski definition) is 0. The Bertz CT molecular complexity index is 467. The Balaban J connectivity index is 1.70. The first kappa shape index (κ1) is 13.1. The molecule has 0 N–H and O–H groups in total. The summed E-state index contributed by atoms with van der Waals surface area (Å²) >= 11 is 0. The minimum atomic E-state index is -0.270. The topological polar surface area (TPSA) is 18.5 Å². The van der Waals surface area contributed by atoms with E-state index in [1.165, 1.54) is 17.7 Å². The molecule has 0 unspecified atom stereocenters. The molecule has 2 fully saturated rings. The lowest BCUT2D eigenvalue weighted by molar-refractivity contribution is 0.00578. The van der Waals surface area contributed by atoms with Crippen LogP contribution >= 0.6 is 0 Å². The maximum absolute atomic E-state index is 12.9. The summed E-state index contributed by atoms with van der Waals surface area (Å²) in [5, 5.41) is 0. The quantitative estimate of drug-likeness (QED) is 0.755. The van der Waals surface area contributed by atoms with Gasteiger partial charge in [0.25, 0.3) is 0 Å². The van der Waals surface area contributed by atoms with Crippen molar-refractivity contribution in [3.05, 3.63) is 35.6 Å². The Kier molecular flexibility index (Phi) is 2.81. The molecule has 2 nitrogen and oxygen atoms in total. The van der Waals surface area contributed by atoms with Crippen LogP contribution < -0.4 is 0 Å². The fraction of sp³-hybridized carbons (Fsp3) is 0.600. The SMILES string of the molecule is CC1(C)OB([C@@H]2C[C@H]2c2ccc(F)cc2)OC1(C)C. The van der Waals surface area contributed by atoms with Crippen molar-refractivity contribution in [3.63, 3.8) is 0 Å². The van der Waals surface area contributed by atoms with Crippen LogP contribution in [0.5, 0.6) is 0 Å². The molecule has 19 heavy (non-hydrogen) atoms. The Morgan fingerprint density at radius 3 is 2.11 bits per heavy atom. The van der Waals surface area contributed by atoms with Gasteiger partial charge in [0.15, 0.2) is 0 Å². The van der Waals surface area contributed by atoms with Gasteiger partial charge in [-0.25, -0.2) is 4.39 Å². The first-order chi connectivity index (χ1) is 8.80. The molecule has 102 valence electrons. The van der Waals surface area contributed by atoms with Crippen molar-refractivity contribution in [3.8, 4) is 0 Å². The van der Waals surface area contributed by atoms with Crippen LogP contribution in [0, 0.1) is 5.82 Å². The van der Waals surface area contributed by atoms with E-state index in [-0.39, 0.29) is 24.1 Å². The average molecular weight is 262 g/mol. The largest absolute Gasteiger partial charge is 0.461 e. The minimum absolute atomic E-state index is 0.139. The third kappa shape index (κ3) is 2.21. The molecule has 0 radical (unpaired) electrons. The molecular formula is C15H20BFO2. The number of benzene rings is 1. The van der Waals surface area contributed by atoms with Crippen LogP contribution in [0.1, 0.15) is 45.6 Å². The van der Waals surface area contributed by atoms with E-state index < -0.39 is 0 Å². The summed E-state index contributed by atoms with van der Waals surface area (Å²) in [5.74, 6) is 0.651. The van der Waals surface area contributed by atoms with Gasteiger partial charge in [0.1, 0.15) is 5.82 Å². The Hall–Kier alpha value is -0.865. The highest BCUT2D eigenvalue weighted by molar-refractivity contribution is 6.49. The highest BCUT2D eigenvalue weighted by Crippen LogP contribution is 2.58. The Morgan fingerprint density at radius 2 is 1.58 bits per heavy atom. The van der Waals surface area contributed by atoms with Gasteiger partial charge in [-0.3, -0.25) is 0 Å². The lowest BCUT2D eigenvalue weighted by atomic mass is 9.79. The maximum Gasteiger partial charge on any atom is 0.461 e. The van der Waals surface area contributed by atoms with Gasteiger partial charge in [0.05, 0.1) is 11.2 Å². The Labute approximate surface area is 114 Å². The summed E-state index contributed by atoms with van der Waals surface area (Å²) in [6, 6.07) is 6.78. The van der Waals surface area contributed by atoms with E-state index in [2.05, 4.69) is 27.7 Å². The van der Waals surface area contributed by atoms with E-state index in [1.54, 1.807) is 0 Å². The number of rotatable bonds is 2. The summed E-state index contributed by atoms with van der Waals surface area (Å²) in [5.41, 5.74) is 0.641. The summed E-state index contributed by atoms with van der Waals surface area (Å²) < 4.78 is 25.1. The van der Waals surface area contributed by atoms with Crippen LogP contribution in [-0.2, 0) is 9.31 Å². The molecule has 3 rings (SSSR count). The van der Waals surface area contributed by atoms with Gasteiger partial charge in [0, 0.05) is 5.82 Å². The zero-order valence-electron chi connectivity index (χ0n) is 11.9. The number of hydrogen-bond acceptors (Lipinski definition) is 2. The highest BCUT2D eigenvalue weighted by Gasteiger charge is 2.59. The summed E-state index contributed by atoms with van der Waals surface area (Å²) in [6.07, 6.45) is 1.06. The lowest BCUT2D eigenvalue weighted by Gasteiger charge is -2.32. The lowest BCUT2D eigenvalue weighted by Crippen LogP contribution is -2.41. The van der Waals surface area contributed by atoms with Crippen molar-refractivity contribution in [1.29, 1.82) is 0 Å². The fourth-order valence-electron chi connectivity index (χ4n) is 2.67. The van der Waals surface area contributed by atoms with Gasteiger partial charge in [-0.1, -0.05) is 12.1 Å². The predicted molar refractivity (Wildman–Crippen MR) is 73.6 cm³/mol. The van der Waals surface area contributed by atoms with E-state index in [0.29, 0.717) is 11.7 Å². The third-order valence-electron chi connectivity index (χ3n) is 4.76. The van der Waals surface area contributed by atoms with E-state index in [9.17, 15) is 4.39 Å². The first-order valence-corrected chi connectivity index (χ1v) is 6.91. The van der Waals surface area contributed by atoms with Crippen molar-refractivity contribution >= 4 is 7.12 Å². The maximum atomic E-state index is 12.9. The second kappa shape index (κ2) is 4.06. The molecule has 1 aliphatic carbocycles. The molecule has 1 saturated carbocycles. The summed E-state index contributed by atoms with van der Waals surface area (Å²) in [4.78, 5) is 0. The van der Waals surface area contributed by atoms with Gasteiger partial charge < -0.3 is 9.31 Å². The van der Waals surface area contributed by atoms with Crippen molar-refractivity contribution in [2.75, 3.05) is 0 Å². The molecular weight excluding hydrogens is 242 g/mol. The first-order valence-electron chi connectivity index (χ1n) is 6.91. The van der Waals surface area contributed by atoms with Crippen LogP contribution in [-0.4, -0.2) is 18.3 Å². The van der Waals surface area contributed by atoms with Crippen molar-refractivity contribution < 1.29 is 13.7 Å². The van der Waals surface area contributed by atoms with Gasteiger partial charge in [-0.2, -0.15) is 0 Å². The normalized spacial score (nSPS) is 31.5. The molecule has 1 aliphatic heterocycles. The van der Waals surface area contributed by atoms with E-state index in [4.69, 9.17) is 9.31 Å². The summed E-state index contributed by atoms with van der Waals surface area (Å²) in [6.45, 7) is 8.29. The molecule has 1 saturated heterocycles. The zero-order chi connectivity index (χ0) is 13.8. The second-order valence-corrected chi connectivity index (χ2v) is 6.68. The van der Waals surface area contributed by atoms with Gasteiger partial charge in [-0.05, 0) is 57.7 Å². The molecule has 2 atom stereocenters. The average Bonchev–Trinajstić information content (AvgIpc) is 3.04. The molecule has 2 aliphatic rings. The van der Waals surface area contributed by atoms with Crippen LogP contribution in [0.4, 0.5) is 4.39 Å². The van der Waals surface area contributed by atoms with Crippen LogP contribution in [0.2, 0.25) is 5.82 Å². The zero-order valence-corrected chi connectivity index (χ0v) is 11.9. The molecule has 0 bridgehead atoms. The smallest absolute Gasteiger partial charge is 0.403 e. The molecule has 1 aromatic rings. The van der Waals surface area contributed by atoms with E-state index >= 15 is 0 Å².